The van der Waals surface area contributed by atoms with Crippen LogP contribution in [0.2, 0.25) is 0 Å². The van der Waals surface area contributed by atoms with E-state index in [1.54, 1.807) is 6.07 Å². The van der Waals surface area contributed by atoms with E-state index in [1.165, 1.54) is 38.5 Å². The van der Waals surface area contributed by atoms with Gasteiger partial charge in [-0.3, -0.25) is 4.79 Å². The Bertz CT molecular complexity index is 157. The average Bonchev–Trinajstić information content (AvgIpc) is 2.18. The lowest BCUT2D eigenvalue weighted by atomic mass is 10.0. The van der Waals surface area contributed by atoms with Gasteiger partial charge in [-0.2, -0.15) is 5.26 Å². The van der Waals surface area contributed by atoms with Crippen molar-refractivity contribution in [1.82, 2.24) is 0 Å². The molecule has 0 bridgehead atoms. The Morgan fingerprint density at radius 3 is 1.69 bits per heavy atom. The molecule has 13 heavy (non-hydrogen) atoms. The number of aliphatic carboxylic acids is 1. The first-order valence-electron chi connectivity index (χ1n) is 4.86. The van der Waals surface area contributed by atoms with Gasteiger partial charge in [-0.1, -0.05) is 38.5 Å². The lowest BCUT2D eigenvalue weighted by Crippen LogP contribution is -1.91. The van der Waals surface area contributed by atoms with E-state index in [1.807, 2.05) is 0 Å². The van der Waals surface area contributed by atoms with Gasteiger partial charge in [0.2, 0.25) is 0 Å². The van der Waals surface area contributed by atoms with Crippen LogP contribution in [-0.4, -0.2) is 11.1 Å². The van der Waals surface area contributed by atoms with Crippen molar-refractivity contribution in [3.05, 3.63) is 0 Å². The zero-order valence-electron chi connectivity index (χ0n) is 7.96. The first-order chi connectivity index (χ1) is 6.27. The summed E-state index contributed by atoms with van der Waals surface area (Å²) >= 11 is 0. The first kappa shape index (κ1) is 12.0. The smallest absolute Gasteiger partial charge is 0.304 e. The molecule has 1 N–H and O–H groups in total. The molecule has 0 unspecified atom stereocenters. The molecule has 0 spiro atoms. The summed E-state index contributed by atoms with van der Waals surface area (Å²) in [5.41, 5.74) is 0. The van der Waals surface area contributed by atoms with Gasteiger partial charge in [0, 0.05) is 6.42 Å². The SMILES string of the molecule is C1CCCCC1.N#CCCC(=O)O. The highest BCUT2D eigenvalue weighted by Gasteiger charge is 1.95. The molecule has 0 aromatic heterocycles. The Morgan fingerprint density at radius 2 is 1.54 bits per heavy atom. The molecule has 1 aliphatic rings. The second-order valence-corrected chi connectivity index (χ2v) is 3.17. The predicted molar refractivity (Wildman–Crippen MR) is 50.2 cm³/mol. The van der Waals surface area contributed by atoms with Crippen LogP contribution in [0, 0.1) is 11.3 Å². The van der Waals surface area contributed by atoms with Gasteiger partial charge in [0.25, 0.3) is 0 Å². The van der Waals surface area contributed by atoms with Gasteiger partial charge in [-0.15, -0.1) is 0 Å². The van der Waals surface area contributed by atoms with Crippen LogP contribution in [0.1, 0.15) is 51.4 Å². The van der Waals surface area contributed by atoms with Gasteiger partial charge in [0.1, 0.15) is 0 Å². The molecule has 0 radical (unpaired) electrons. The van der Waals surface area contributed by atoms with Gasteiger partial charge >= 0.3 is 5.97 Å². The maximum Gasteiger partial charge on any atom is 0.304 e. The third-order valence-corrected chi connectivity index (χ3v) is 1.95. The van der Waals surface area contributed by atoms with Crippen LogP contribution >= 0.6 is 0 Å². The van der Waals surface area contributed by atoms with Crippen LogP contribution in [0.5, 0.6) is 0 Å². The van der Waals surface area contributed by atoms with Crippen molar-refractivity contribution in [2.24, 2.45) is 0 Å². The number of carboxylic acids is 1. The normalized spacial score (nSPS) is 15.0. The Kier molecular flexibility index (Phi) is 8.33. The van der Waals surface area contributed by atoms with E-state index in [4.69, 9.17) is 10.4 Å². The second kappa shape index (κ2) is 9.05. The van der Waals surface area contributed by atoms with Crippen LogP contribution < -0.4 is 0 Å². The Labute approximate surface area is 79.4 Å². The van der Waals surface area contributed by atoms with Gasteiger partial charge in [-0.05, 0) is 0 Å². The fourth-order valence-corrected chi connectivity index (χ4v) is 1.22. The molecule has 3 heteroatoms. The molecule has 0 aromatic rings. The highest BCUT2D eigenvalue weighted by molar-refractivity contribution is 5.66. The lowest BCUT2D eigenvalue weighted by molar-refractivity contribution is -0.136. The first-order valence-corrected chi connectivity index (χ1v) is 4.86. The van der Waals surface area contributed by atoms with E-state index in [2.05, 4.69) is 0 Å². The van der Waals surface area contributed by atoms with Crippen molar-refractivity contribution in [3.8, 4) is 6.07 Å². The summed E-state index contributed by atoms with van der Waals surface area (Å²) in [5, 5.41) is 15.7. The van der Waals surface area contributed by atoms with Crippen LogP contribution in [0.3, 0.4) is 0 Å². The summed E-state index contributed by atoms with van der Waals surface area (Å²) < 4.78 is 0. The second-order valence-electron chi connectivity index (χ2n) is 3.17. The van der Waals surface area contributed by atoms with E-state index >= 15 is 0 Å². The van der Waals surface area contributed by atoms with Crippen molar-refractivity contribution in [2.75, 3.05) is 0 Å². The molecule has 0 aromatic carbocycles. The molecular formula is C10H17NO2. The zero-order chi connectivity index (χ0) is 9.94. The minimum atomic E-state index is -0.915. The van der Waals surface area contributed by atoms with Gasteiger partial charge in [0.15, 0.2) is 0 Å². The topological polar surface area (TPSA) is 61.1 Å². The molecule has 1 aliphatic carbocycles. The largest absolute Gasteiger partial charge is 0.481 e. The molecule has 1 saturated carbocycles. The number of rotatable bonds is 2. The molecule has 0 saturated heterocycles. The molecule has 0 aliphatic heterocycles. The van der Waals surface area contributed by atoms with Crippen molar-refractivity contribution in [2.45, 2.75) is 51.4 Å². The summed E-state index contributed by atoms with van der Waals surface area (Å²) in [5.74, 6) is -0.915. The van der Waals surface area contributed by atoms with E-state index < -0.39 is 5.97 Å². The zero-order valence-corrected chi connectivity index (χ0v) is 7.96. The number of hydrogen-bond acceptors (Lipinski definition) is 2. The van der Waals surface area contributed by atoms with Crippen LogP contribution in [-0.2, 0) is 4.79 Å². The summed E-state index contributed by atoms with van der Waals surface area (Å²) in [4.78, 5) is 9.61. The van der Waals surface area contributed by atoms with Crippen LogP contribution in [0.4, 0.5) is 0 Å². The van der Waals surface area contributed by atoms with E-state index in [-0.39, 0.29) is 12.8 Å². The Morgan fingerprint density at radius 1 is 1.15 bits per heavy atom. The van der Waals surface area contributed by atoms with Crippen LogP contribution in [0.15, 0.2) is 0 Å². The predicted octanol–water partition coefficient (Wildman–Crippen LogP) is 2.72. The Balaban J connectivity index is 0.000000223. The standard InChI is InChI=1S/C6H12.C4H5NO2/c1-2-4-6-5-3-1;5-3-1-2-4(6)7/h1-6H2;1-2H2,(H,6,7). The summed E-state index contributed by atoms with van der Waals surface area (Å²) in [6, 6.07) is 1.72. The van der Waals surface area contributed by atoms with E-state index in [9.17, 15) is 4.79 Å². The molecule has 0 atom stereocenters. The molecular weight excluding hydrogens is 166 g/mol. The summed E-state index contributed by atoms with van der Waals surface area (Å²) in [6.07, 6.45) is 9.06. The van der Waals surface area contributed by atoms with E-state index in [0.717, 1.165) is 0 Å². The van der Waals surface area contributed by atoms with Crippen LogP contribution in [0.25, 0.3) is 0 Å². The molecule has 0 heterocycles. The maximum absolute atomic E-state index is 9.61. The molecule has 1 rings (SSSR count). The van der Waals surface area contributed by atoms with Gasteiger partial charge < -0.3 is 5.11 Å². The number of hydrogen-bond donors (Lipinski definition) is 1. The molecule has 1 fully saturated rings. The number of carbonyl (C=O) groups is 1. The quantitative estimate of drug-likeness (QED) is 0.716. The van der Waals surface area contributed by atoms with E-state index in [0.29, 0.717) is 0 Å². The molecule has 3 nitrogen and oxygen atoms in total. The monoisotopic (exact) mass is 183 g/mol. The minimum absolute atomic E-state index is 0.0451. The third-order valence-electron chi connectivity index (χ3n) is 1.95. The maximum atomic E-state index is 9.61. The summed E-state index contributed by atoms with van der Waals surface area (Å²) in [7, 11) is 0. The van der Waals surface area contributed by atoms with Gasteiger partial charge in [-0.25, -0.2) is 0 Å². The number of nitriles is 1. The highest BCUT2D eigenvalue weighted by Crippen LogP contribution is 2.15. The fraction of sp³-hybridized carbons (Fsp3) is 0.800. The van der Waals surface area contributed by atoms with Crippen molar-refractivity contribution in [1.29, 1.82) is 5.26 Å². The number of carboxylic acid groups (broad SMARTS) is 1. The fourth-order valence-electron chi connectivity index (χ4n) is 1.22. The highest BCUT2D eigenvalue weighted by atomic mass is 16.4. The summed E-state index contributed by atoms with van der Waals surface area (Å²) in [6.45, 7) is 0. The molecule has 74 valence electrons. The van der Waals surface area contributed by atoms with Crippen molar-refractivity contribution < 1.29 is 9.90 Å². The Hall–Kier alpha value is -1.04. The molecule has 0 amide bonds. The third kappa shape index (κ3) is 11.0. The minimum Gasteiger partial charge on any atom is -0.481 e. The van der Waals surface area contributed by atoms with Crippen molar-refractivity contribution in [3.63, 3.8) is 0 Å². The van der Waals surface area contributed by atoms with Crippen molar-refractivity contribution >= 4 is 5.97 Å². The van der Waals surface area contributed by atoms with Gasteiger partial charge in [0.05, 0.1) is 12.5 Å². The number of nitrogens with zero attached hydrogens (tertiary/aromatic N) is 1. The average molecular weight is 183 g/mol. The lowest BCUT2D eigenvalue weighted by Gasteiger charge is -2.05.